The van der Waals surface area contributed by atoms with Gasteiger partial charge in [-0.15, -0.1) is 0 Å². The van der Waals surface area contributed by atoms with Gasteiger partial charge in [-0.05, 0) is 69.5 Å². The molecule has 0 fully saturated rings. The summed E-state index contributed by atoms with van der Waals surface area (Å²) < 4.78 is 5.18. The van der Waals surface area contributed by atoms with E-state index in [4.69, 9.17) is 4.74 Å². The third kappa shape index (κ3) is 6.89. The molecule has 3 aromatic rings. The van der Waals surface area contributed by atoms with Crippen LogP contribution in [0, 0.1) is 27.7 Å². The molecule has 3 rings (SSSR count). The minimum Gasteiger partial charge on any atom is -0.462 e. The summed E-state index contributed by atoms with van der Waals surface area (Å²) in [4.78, 5) is 42.0. The molecule has 0 unspecified atom stereocenters. The molecule has 1 heterocycles. The van der Waals surface area contributed by atoms with Gasteiger partial charge >= 0.3 is 12.0 Å². The molecule has 0 aliphatic rings. The lowest BCUT2D eigenvalue weighted by atomic mass is 10.1. The van der Waals surface area contributed by atoms with E-state index < -0.39 is 12.0 Å². The maximum Gasteiger partial charge on any atom is 0.338 e. The highest BCUT2D eigenvalue weighted by Crippen LogP contribution is 2.27. The molecule has 8 nitrogen and oxygen atoms in total. The molecule has 0 radical (unpaired) electrons. The van der Waals surface area contributed by atoms with Gasteiger partial charge in [0.25, 0.3) is 5.91 Å². The van der Waals surface area contributed by atoms with E-state index in [1.54, 1.807) is 31.2 Å². The summed E-state index contributed by atoms with van der Waals surface area (Å²) in [6.07, 6.45) is 1.76. The van der Waals surface area contributed by atoms with Crippen LogP contribution in [0.15, 0.2) is 36.4 Å². The van der Waals surface area contributed by atoms with E-state index in [1.165, 1.54) is 0 Å². The van der Waals surface area contributed by atoms with Gasteiger partial charge in [-0.3, -0.25) is 10.1 Å². The SMILES string of the molecule is CCCCOC(=O)c1ccc(NC(=O)Nc2nc(C)c(C(=O)Nc3c(C)cc(C)cc3C)s2)cc1. The molecule has 0 aliphatic carbocycles. The highest BCUT2D eigenvalue weighted by atomic mass is 32.1. The van der Waals surface area contributed by atoms with Crippen LogP contribution < -0.4 is 16.0 Å². The molecule has 0 atom stereocenters. The fourth-order valence-corrected chi connectivity index (χ4v) is 4.41. The fraction of sp³-hybridized carbons (Fsp3) is 0.308. The van der Waals surface area contributed by atoms with Crippen molar-refractivity contribution >= 4 is 45.8 Å². The lowest BCUT2D eigenvalue weighted by Crippen LogP contribution is -2.19. The average molecular weight is 495 g/mol. The minimum atomic E-state index is -0.505. The van der Waals surface area contributed by atoms with Gasteiger partial charge in [-0.25, -0.2) is 14.6 Å². The Bertz CT molecular complexity index is 1210. The quantitative estimate of drug-likeness (QED) is 0.254. The number of carbonyl (C=O) groups is 3. The Labute approximate surface area is 209 Å². The molecular weight excluding hydrogens is 464 g/mol. The molecule has 0 spiro atoms. The zero-order valence-corrected chi connectivity index (χ0v) is 21.4. The van der Waals surface area contributed by atoms with Crippen molar-refractivity contribution in [3.05, 3.63) is 69.2 Å². The van der Waals surface area contributed by atoms with Crippen molar-refractivity contribution in [1.82, 2.24) is 4.98 Å². The third-order valence-corrected chi connectivity index (χ3v) is 6.32. The van der Waals surface area contributed by atoms with E-state index in [-0.39, 0.29) is 5.91 Å². The first-order chi connectivity index (χ1) is 16.7. The Morgan fingerprint density at radius 3 is 2.23 bits per heavy atom. The van der Waals surface area contributed by atoms with Crippen LogP contribution in [0.2, 0.25) is 0 Å². The molecule has 9 heteroatoms. The number of amides is 3. The lowest BCUT2D eigenvalue weighted by Gasteiger charge is -2.12. The Kier molecular flexibility index (Phi) is 8.59. The molecule has 35 heavy (non-hydrogen) atoms. The number of benzene rings is 2. The topological polar surface area (TPSA) is 109 Å². The van der Waals surface area contributed by atoms with Gasteiger partial charge in [0.1, 0.15) is 4.88 Å². The number of anilines is 3. The number of aryl methyl sites for hydroxylation is 4. The standard InChI is InChI=1S/C26H30N4O4S/c1-6-7-12-34-24(32)19-8-10-20(11-9-19)28-25(33)30-26-27-18(5)22(35-26)23(31)29-21-16(3)13-15(2)14-17(21)4/h8-11,13-14H,6-7,12H2,1-5H3,(H,29,31)(H2,27,28,30,33). The van der Waals surface area contributed by atoms with E-state index >= 15 is 0 Å². The summed E-state index contributed by atoms with van der Waals surface area (Å²) in [5, 5.41) is 8.62. The first kappa shape index (κ1) is 25.9. The number of hydrogen-bond donors (Lipinski definition) is 3. The van der Waals surface area contributed by atoms with Crippen molar-refractivity contribution in [2.75, 3.05) is 22.6 Å². The minimum absolute atomic E-state index is 0.273. The second kappa shape index (κ2) is 11.6. The second-order valence-corrected chi connectivity index (χ2v) is 9.31. The largest absolute Gasteiger partial charge is 0.462 e. The lowest BCUT2D eigenvalue weighted by molar-refractivity contribution is 0.0499. The molecule has 1 aromatic heterocycles. The number of hydrogen-bond acceptors (Lipinski definition) is 6. The predicted octanol–water partition coefficient (Wildman–Crippen LogP) is 6.23. The van der Waals surface area contributed by atoms with E-state index in [9.17, 15) is 14.4 Å². The summed E-state index contributed by atoms with van der Waals surface area (Å²) in [7, 11) is 0. The van der Waals surface area contributed by atoms with Gasteiger partial charge in [0, 0.05) is 11.4 Å². The van der Waals surface area contributed by atoms with Crippen LogP contribution in [0.1, 0.15) is 62.2 Å². The number of aromatic nitrogens is 1. The third-order valence-electron chi connectivity index (χ3n) is 5.25. The van der Waals surface area contributed by atoms with Gasteiger partial charge < -0.3 is 15.4 Å². The van der Waals surface area contributed by atoms with Crippen molar-refractivity contribution in [3.8, 4) is 0 Å². The summed E-state index contributed by atoms with van der Waals surface area (Å²) in [6, 6.07) is 9.95. The Hall–Kier alpha value is -3.72. The Balaban J connectivity index is 1.60. The molecule has 0 bridgehead atoms. The zero-order chi connectivity index (χ0) is 25.5. The molecule has 184 valence electrons. The molecule has 0 saturated heterocycles. The average Bonchev–Trinajstić information content (AvgIpc) is 3.16. The van der Waals surface area contributed by atoms with E-state index in [2.05, 4.69) is 20.9 Å². The number of esters is 1. The van der Waals surface area contributed by atoms with Gasteiger partial charge in [-0.2, -0.15) is 0 Å². The molecule has 3 N–H and O–H groups in total. The highest BCUT2D eigenvalue weighted by molar-refractivity contribution is 7.17. The van der Waals surface area contributed by atoms with Crippen molar-refractivity contribution < 1.29 is 19.1 Å². The number of thiazole rings is 1. The van der Waals surface area contributed by atoms with E-state index in [0.717, 1.165) is 46.6 Å². The molecule has 0 aliphatic heterocycles. The summed E-state index contributed by atoms with van der Waals surface area (Å²) in [6.45, 7) is 10.0. The maximum atomic E-state index is 12.9. The first-order valence-electron chi connectivity index (χ1n) is 11.4. The Morgan fingerprint density at radius 1 is 0.943 bits per heavy atom. The Morgan fingerprint density at radius 2 is 1.60 bits per heavy atom. The number of rotatable bonds is 8. The molecule has 0 saturated carbocycles. The first-order valence-corrected chi connectivity index (χ1v) is 12.2. The fourth-order valence-electron chi connectivity index (χ4n) is 3.55. The predicted molar refractivity (Wildman–Crippen MR) is 140 cm³/mol. The van der Waals surface area contributed by atoms with E-state index in [0.29, 0.717) is 33.6 Å². The summed E-state index contributed by atoms with van der Waals surface area (Å²) >= 11 is 1.10. The number of urea groups is 1. The summed E-state index contributed by atoms with van der Waals surface area (Å²) in [5.74, 6) is -0.667. The van der Waals surface area contributed by atoms with Crippen molar-refractivity contribution in [3.63, 3.8) is 0 Å². The van der Waals surface area contributed by atoms with Gasteiger partial charge in [0.15, 0.2) is 5.13 Å². The number of unbranched alkanes of at least 4 members (excludes halogenated alkanes) is 1. The highest BCUT2D eigenvalue weighted by Gasteiger charge is 2.18. The van der Waals surface area contributed by atoms with Crippen molar-refractivity contribution in [2.24, 2.45) is 0 Å². The number of nitrogens with zero attached hydrogens (tertiary/aromatic N) is 1. The number of carbonyl (C=O) groups excluding carboxylic acids is 3. The van der Waals surface area contributed by atoms with Gasteiger partial charge in [0.05, 0.1) is 17.9 Å². The van der Waals surface area contributed by atoms with Crippen molar-refractivity contribution in [1.29, 1.82) is 0 Å². The monoisotopic (exact) mass is 494 g/mol. The van der Waals surface area contributed by atoms with Crippen LogP contribution in [0.5, 0.6) is 0 Å². The van der Waals surface area contributed by atoms with Crippen LogP contribution in [-0.4, -0.2) is 29.5 Å². The van der Waals surface area contributed by atoms with Gasteiger partial charge in [-0.1, -0.05) is 42.4 Å². The van der Waals surface area contributed by atoms with Crippen LogP contribution in [0.3, 0.4) is 0 Å². The van der Waals surface area contributed by atoms with E-state index in [1.807, 2.05) is 39.8 Å². The maximum absolute atomic E-state index is 12.9. The molecule has 2 aromatic carbocycles. The van der Waals surface area contributed by atoms with Crippen LogP contribution in [0.25, 0.3) is 0 Å². The van der Waals surface area contributed by atoms with Crippen LogP contribution in [-0.2, 0) is 4.74 Å². The number of nitrogens with one attached hydrogen (secondary N) is 3. The van der Waals surface area contributed by atoms with Crippen LogP contribution >= 0.6 is 11.3 Å². The normalized spacial score (nSPS) is 10.5. The van der Waals surface area contributed by atoms with Gasteiger partial charge in [0.2, 0.25) is 0 Å². The molecular formula is C26H30N4O4S. The summed E-state index contributed by atoms with van der Waals surface area (Å²) in [5.41, 5.74) is 5.31. The smallest absolute Gasteiger partial charge is 0.338 e. The zero-order valence-electron chi connectivity index (χ0n) is 20.6. The molecule has 3 amide bonds. The van der Waals surface area contributed by atoms with Crippen LogP contribution in [0.4, 0.5) is 21.3 Å². The second-order valence-electron chi connectivity index (χ2n) is 8.31. The van der Waals surface area contributed by atoms with Crippen molar-refractivity contribution in [2.45, 2.75) is 47.5 Å². The number of ether oxygens (including phenoxy) is 1.